The van der Waals surface area contributed by atoms with Gasteiger partial charge in [0, 0.05) is 5.92 Å². The molecule has 2 rings (SSSR count). The zero-order valence-corrected chi connectivity index (χ0v) is 12.0. The number of anilines is 1. The van der Waals surface area contributed by atoms with Crippen LogP contribution in [-0.4, -0.2) is 22.1 Å². The molecule has 1 fully saturated rings. The molecule has 0 bridgehead atoms. The highest BCUT2D eigenvalue weighted by molar-refractivity contribution is 6.02. The maximum Gasteiger partial charge on any atom is 0.337 e. The highest BCUT2D eigenvalue weighted by Crippen LogP contribution is 2.68. The summed E-state index contributed by atoms with van der Waals surface area (Å²) in [6.45, 7) is 8.08. The van der Waals surface area contributed by atoms with Crippen LogP contribution >= 0.6 is 0 Å². The van der Waals surface area contributed by atoms with Gasteiger partial charge in [-0.2, -0.15) is 0 Å². The van der Waals surface area contributed by atoms with Crippen molar-refractivity contribution in [2.24, 2.45) is 16.7 Å². The maximum atomic E-state index is 12.3. The highest BCUT2D eigenvalue weighted by Gasteiger charge is 2.68. The monoisotopic (exact) mass is 277 g/mol. The Hall–Kier alpha value is -2.04. The number of nitrogens with one attached hydrogen (secondary N) is 1. The second kappa shape index (κ2) is 4.23. The van der Waals surface area contributed by atoms with E-state index in [9.17, 15) is 14.7 Å². The summed E-state index contributed by atoms with van der Waals surface area (Å²) in [6.07, 6.45) is 0. The predicted octanol–water partition coefficient (Wildman–Crippen LogP) is 2.71. The van der Waals surface area contributed by atoms with Gasteiger partial charge in [-0.05, 0) is 29.0 Å². The van der Waals surface area contributed by atoms with E-state index in [0.29, 0.717) is 0 Å². The molecule has 1 amide bonds. The Morgan fingerprint density at radius 2 is 1.70 bits per heavy atom. The summed E-state index contributed by atoms with van der Waals surface area (Å²) >= 11 is 0. The molecule has 0 spiro atoms. The van der Waals surface area contributed by atoms with Crippen molar-refractivity contribution in [3.05, 3.63) is 23.8 Å². The Morgan fingerprint density at radius 3 is 2.15 bits per heavy atom. The summed E-state index contributed by atoms with van der Waals surface area (Å²) < 4.78 is 0. The first kappa shape index (κ1) is 14.4. The zero-order chi connectivity index (χ0) is 15.3. The van der Waals surface area contributed by atoms with Crippen molar-refractivity contribution < 1.29 is 19.8 Å². The van der Waals surface area contributed by atoms with Crippen LogP contribution in [0, 0.1) is 16.7 Å². The van der Waals surface area contributed by atoms with Gasteiger partial charge in [-0.3, -0.25) is 4.79 Å². The summed E-state index contributed by atoms with van der Waals surface area (Å²) in [6, 6.07) is 3.88. The lowest BCUT2D eigenvalue weighted by molar-refractivity contribution is -0.118. The van der Waals surface area contributed by atoms with Crippen LogP contribution in [0.2, 0.25) is 0 Å². The van der Waals surface area contributed by atoms with Crippen LogP contribution in [0.25, 0.3) is 0 Å². The van der Waals surface area contributed by atoms with Gasteiger partial charge in [0.25, 0.3) is 0 Å². The number of carboxylic acids is 1. The molecule has 108 valence electrons. The Kier molecular flexibility index (Phi) is 3.04. The maximum absolute atomic E-state index is 12.3. The van der Waals surface area contributed by atoms with Crippen LogP contribution in [0.4, 0.5) is 5.69 Å². The van der Waals surface area contributed by atoms with Gasteiger partial charge in [0.1, 0.15) is 5.75 Å². The predicted molar refractivity (Wildman–Crippen MR) is 74.7 cm³/mol. The Balaban J connectivity index is 2.24. The van der Waals surface area contributed by atoms with Gasteiger partial charge in [-0.15, -0.1) is 0 Å². The molecule has 1 aliphatic rings. The molecule has 0 heterocycles. The van der Waals surface area contributed by atoms with Crippen LogP contribution in [0.15, 0.2) is 18.2 Å². The van der Waals surface area contributed by atoms with Crippen molar-refractivity contribution in [2.75, 3.05) is 5.32 Å². The number of hydrogen-bond donors (Lipinski definition) is 3. The molecule has 3 N–H and O–H groups in total. The molecule has 20 heavy (non-hydrogen) atoms. The lowest BCUT2D eigenvalue weighted by Crippen LogP contribution is -2.19. The number of phenols is 1. The molecular formula is C15H19NO4. The van der Waals surface area contributed by atoms with E-state index in [0.717, 1.165) is 6.07 Å². The SMILES string of the molecule is CC1(C)C(C(=O)Nc2ccc(O)cc2C(=O)O)C1(C)C. The summed E-state index contributed by atoms with van der Waals surface area (Å²) in [7, 11) is 0. The van der Waals surface area contributed by atoms with Crippen LogP contribution in [0.1, 0.15) is 38.1 Å². The minimum absolute atomic E-state index is 0.114. The van der Waals surface area contributed by atoms with E-state index in [-0.39, 0.29) is 39.7 Å². The molecule has 0 atom stereocenters. The van der Waals surface area contributed by atoms with Crippen LogP contribution in [0.3, 0.4) is 0 Å². The molecule has 5 nitrogen and oxygen atoms in total. The fraction of sp³-hybridized carbons (Fsp3) is 0.467. The molecule has 1 aromatic rings. The second-order valence-electron chi connectivity index (χ2n) is 6.40. The number of carbonyl (C=O) groups excluding carboxylic acids is 1. The average molecular weight is 277 g/mol. The zero-order valence-electron chi connectivity index (χ0n) is 12.0. The van der Waals surface area contributed by atoms with E-state index in [1.165, 1.54) is 12.1 Å². The molecule has 1 aliphatic carbocycles. The van der Waals surface area contributed by atoms with Gasteiger partial charge in [0.15, 0.2) is 0 Å². The fourth-order valence-electron chi connectivity index (χ4n) is 2.87. The topological polar surface area (TPSA) is 86.6 Å². The first-order valence-electron chi connectivity index (χ1n) is 6.46. The quantitative estimate of drug-likeness (QED) is 0.741. The van der Waals surface area contributed by atoms with Gasteiger partial charge in [-0.25, -0.2) is 4.79 Å². The number of aromatic carboxylic acids is 1. The third-order valence-electron chi connectivity index (χ3n) is 4.77. The Morgan fingerprint density at radius 1 is 1.15 bits per heavy atom. The molecule has 0 radical (unpaired) electrons. The van der Waals surface area contributed by atoms with E-state index in [1.54, 1.807) is 0 Å². The number of rotatable bonds is 3. The van der Waals surface area contributed by atoms with E-state index in [1.807, 2.05) is 27.7 Å². The second-order valence-corrected chi connectivity index (χ2v) is 6.40. The largest absolute Gasteiger partial charge is 0.508 e. The fourth-order valence-corrected chi connectivity index (χ4v) is 2.87. The molecule has 0 aromatic heterocycles. The summed E-state index contributed by atoms with van der Waals surface area (Å²) in [5, 5.41) is 21.1. The first-order chi connectivity index (χ1) is 9.09. The lowest BCUT2D eigenvalue weighted by atomic mass is 10.0. The van der Waals surface area contributed by atoms with E-state index >= 15 is 0 Å². The molecule has 0 saturated heterocycles. The summed E-state index contributed by atoms with van der Waals surface area (Å²) in [4.78, 5) is 23.4. The molecular weight excluding hydrogens is 258 g/mol. The van der Waals surface area contributed by atoms with Crippen molar-refractivity contribution in [1.29, 1.82) is 0 Å². The van der Waals surface area contributed by atoms with E-state index in [4.69, 9.17) is 5.11 Å². The smallest absolute Gasteiger partial charge is 0.337 e. The Labute approximate surface area is 117 Å². The average Bonchev–Trinajstić information content (AvgIpc) is 2.71. The summed E-state index contributed by atoms with van der Waals surface area (Å²) in [5.41, 5.74) is -0.136. The van der Waals surface area contributed by atoms with E-state index in [2.05, 4.69) is 5.32 Å². The van der Waals surface area contributed by atoms with Gasteiger partial charge in [0.2, 0.25) is 5.91 Å². The lowest BCUT2D eigenvalue weighted by Gasteiger charge is -2.10. The standard InChI is InChI=1S/C15H19NO4/c1-14(2)11(15(14,3)4)12(18)16-10-6-5-8(17)7-9(10)13(19)20/h5-7,11,17H,1-4H3,(H,16,18)(H,19,20). The van der Waals surface area contributed by atoms with Gasteiger partial charge < -0.3 is 15.5 Å². The molecule has 0 unspecified atom stereocenters. The van der Waals surface area contributed by atoms with Crippen LogP contribution in [0.5, 0.6) is 5.75 Å². The number of amides is 1. The van der Waals surface area contributed by atoms with Gasteiger partial charge in [0.05, 0.1) is 11.3 Å². The number of aromatic hydroxyl groups is 1. The minimum Gasteiger partial charge on any atom is -0.508 e. The van der Waals surface area contributed by atoms with Crippen LogP contribution < -0.4 is 5.32 Å². The van der Waals surface area contributed by atoms with Crippen LogP contribution in [-0.2, 0) is 4.79 Å². The van der Waals surface area contributed by atoms with Crippen molar-refractivity contribution >= 4 is 17.6 Å². The third-order valence-corrected chi connectivity index (χ3v) is 4.77. The van der Waals surface area contributed by atoms with Crippen molar-refractivity contribution in [3.63, 3.8) is 0 Å². The number of hydrogen-bond acceptors (Lipinski definition) is 3. The number of carbonyl (C=O) groups is 2. The summed E-state index contributed by atoms with van der Waals surface area (Å²) in [5.74, 6) is -1.68. The Bertz CT molecular complexity index is 576. The first-order valence-corrected chi connectivity index (χ1v) is 6.46. The van der Waals surface area contributed by atoms with Crippen molar-refractivity contribution in [3.8, 4) is 5.75 Å². The van der Waals surface area contributed by atoms with E-state index < -0.39 is 5.97 Å². The van der Waals surface area contributed by atoms with Gasteiger partial charge >= 0.3 is 5.97 Å². The number of benzene rings is 1. The molecule has 1 aromatic carbocycles. The van der Waals surface area contributed by atoms with Crippen molar-refractivity contribution in [2.45, 2.75) is 27.7 Å². The number of carboxylic acid groups (broad SMARTS) is 1. The van der Waals surface area contributed by atoms with Crippen molar-refractivity contribution in [1.82, 2.24) is 0 Å². The highest BCUT2D eigenvalue weighted by atomic mass is 16.4. The third kappa shape index (κ3) is 2.03. The minimum atomic E-state index is -1.19. The normalized spacial score (nSPS) is 19.4. The number of phenolic OH excluding ortho intramolecular Hbond substituents is 1. The molecule has 5 heteroatoms. The molecule has 1 saturated carbocycles. The van der Waals surface area contributed by atoms with Gasteiger partial charge in [-0.1, -0.05) is 27.7 Å². The molecule has 0 aliphatic heterocycles.